The maximum Gasteiger partial charge on any atom is 0.257 e. The van der Waals surface area contributed by atoms with Gasteiger partial charge < -0.3 is 10.1 Å². The summed E-state index contributed by atoms with van der Waals surface area (Å²) in [6, 6.07) is 11.1. The average molecular weight is 500 g/mol. The summed E-state index contributed by atoms with van der Waals surface area (Å²) in [7, 11) is -3.53. The molecule has 7 nitrogen and oxygen atoms in total. The summed E-state index contributed by atoms with van der Waals surface area (Å²) in [5.41, 5.74) is 0.963. The minimum Gasteiger partial charge on any atom is -0.493 e. The van der Waals surface area contributed by atoms with E-state index in [2.05, 4.69) is 31.3 Å². The van der Waals surface area contributed by atoms with E-state index in [9.17, 15) is 13.2 Å². The van der Waals surface area contributed by atoms with Crippen LogP contribution in [-0.2, 0) is 10.0 Å². The Morgan fingerprint density at radius 1 is 1.14 bits per heavy atom. The van der Waals surface area contributed by atoms with Gasteiger partial charge in [0.2, 0.25) is 10.0 Å². The molecule has 2 rings (SSSR count). The van der Waals surface area contributed by atoms with Crippen LogP contribution in [0.3, 0.4) is 0 Å². The SMILES string of the molecule is CCCNS(=O)(=O)c1ccc(NC(=S)NC(=O)c2ccc(OCC)c(Br)c2)cc1. The van der Waals surface area contributed by atoms with Gasteiger partial charge in [-0.3, -0.25) is 10.1 Å². The first-order chi connectivity index (χ1) is 13.8. The molecular formula is C19H22BrN3O4S2. The minimum absolute atomic E-state index is 0.0970. The van der Waals surface area contributed by atoms with E-state index in [1.165, 1.54) is 12.1 Å². The zero-order valence-electron chi connectivity index (χ0n) is 16.0. The predicted octanol–water partition coefficient (Wildman–Crippen LogP) is 3.66. The monoisotopic (exact) mass is 499 g/mol. The van der Waals surface area contributed by atoms with E-state index >= 15 is 0 Å². The standard InChI is InChI=1S/C19H22BrN3O4S2/c1-3-11-21-29(25,26)15-8-6-14(7-9-15)22-19(28)23-18(24)13-5-10-17(27-4-2)16(20)12-13/h5-10,12,21H,3-4,11H2,1-2H3,(H2,22,23,24,28). The highest BCUT2D eigenvalue weighted by Gasteiger charge is 2.14. The molecule has 0 aliphatic rings. The number of anilines is 1. The summed E-state index contributed by atoms with van der Waals surface area (Å²) in [4.78, 5) is 12.5. The highest BCUT2D eigenvalue weighted by Crippen LogP contribution is 2.26. The number of carbonyl (C=O) groups excluding carboxylic acids is 1. The van der Waals surface area contributed by atoms with Gasteiger partial charge in [-0.2, -0.15) is 0 Å². The number of thiocarbonyl (C=S) groups is 1. The van der Waals surface area contributed by atoms with Gasteiger partial charge in [-0.25, -0.2) is 13.1 Å². The van der Waals surface area contributed by atoms with E-state index in [0.29, 0.717) is 41.0 Å². The summed E-state index contributed by atoms with van der Waals surface area (Å²) in [6.07, 6.45) is 0.706. The largest absolute Gasteiger partial charge is 0.493 e. The smallest absolute Gasteiger partial charge is 0.257 e. The predicted molar refractivity (Wildman–Crippen MR) is 121 cm³/mol. The molecule has 0 aliphatic heterocycles. The first-order valence-corrected chi connectivity index (χ1v) is 11.6. The van der Waals surface area contributed by atoms with Crippen LogP contribution < -0.4 is 20.1 Å². The van der Waals surface area contributed by atoms with E-state index in [4.69, 9.17) is 17.0 Å². The Labute approximate surface area is 184 Å². The molecule has 1 amide bonds. The number of hydrogen-bond acceptors (Lipinski definition) is 5. The van der Waals surface area contributed by atoms with Crippen molar-refractivity contribution in [1.82, 2.24) is 10.0 Å². The first-order valence-electron chi connectivity index (χ1n) is 8.91. The maximum absolute atomic E-state index is 12.4. The van der Waals surface area contributed by atoms with Crippen molar-refractivity contribution in [1.29, 1.82) is 0 Å². The van der Waals surface area contributed by atoms with Crippen LogP contribution in [0.4, 0.5) is 5.69 Å². The summed E-state index contributed by atoms with van der Waals surface area (Å²) >= 11 is 8.53. The van der Waals surface area contributed by atoms with Crippen LogP contribution in [0.25, 0.3) is 0 Å². The lowest BCUT2D eigenvalue weighted by Gasteiger charge is -2.12. The lowest BCUT2D eigenvalue weighted by Crippen LogP contribution is -2.34. The number of sulfonamides is 1. The molecule has 0 saturated carbocycles. The van der Waals surface area contributed by atoms with Crippen molar-refractivity contribution in [2.75, 3.05) is 18.5 Å². The molecule has 10 heteroatoms. The topological polar surface area (TPSA) is 96.5 Å². The average Bonchev–Trinajstić information content (AvgIpc) is 2.68. The van der Waals surface area contributed by atoms with Crippen LogP contribution >= 0.6 is 28.1 Å². The summed E-state index contributed by atoms with van der Waals surface area (Å²) in [5.74, 6) is 0.266. The maximum atomic E-state index is 12.4. The number of ether oxygens (including phenoxy) is 1. The van der Waals surface area contributed by atoms with Crippen molar-refractivity contribution < 1.29 is 17.9 Å². The molecule has 0 aromatic heterocycles. The quantitative estimate of drug-likeness (QED) is 0.479. The highest BCUT2D eigenvalue weighted by molar-refractivity contribution is 9.10. The van der Waals surface area contributed by atoms with Crippen LogP contribution in [-0.4, -0.2) is 32.6 Å². The van der Waals surface area contributed by atoms with E-state index in [1.807, 2.05) is 13.8 Å². The Morgan fingerprint density at radius 2 is 1.83 bits per heavy atom. The second-order valence-electron chi connectivity index (χ2n) is 5.91. The molecule has 2 aromatic rings. The molecule has 0 saturated heterocycles. The van der Waals surface area contributed by atoms with Crippen molar-refractivity contribution in [3.05, 3.63) is 52.5 Å². The van der Waals surface area contributed by atoms with Gasteiger partial charge in [0.15, 0.2) is 5.11 Å². The number of halogens is 1. The number of hydrogen-bond donors (Lipinski definition) is 3. The fourth-order valence-corrected chi connectivity index (χ4v) is 4.13. The van der Waals surface area contributed by atoms with Crippen LogP contribution in [0.1, 0.15) is 30.6 Å². The van der Waals surface area contributed by atoms with Crippen LogP contribution in [0.2, 0.25) is 0 Å². The van der Waals surface area contributed by atoms with Gasteiger partial charge in [0.1, 0.15) is 5.75 Å². The molecule has 156 valence electrons. The lowest BCUT2D eigenvalue weighted by atomic mass is 10.2. The molecule has 0 bridgehead atoms. The summed E-state index contributed by atoms with van der Waals surface area (Å²) < 4.78 is 32.8. The van der Waals surface area contributed by atoms with Crippen molar-refractivity contribution in [2.24, 2.45) is 0 Å². The zero-order valence-corrected chi connectivity index (χ0v) is 19.2. The number of carbonyl (C=O) groups is 1. The highest BCUT2D eigenvalue weighted by atomic mass is 79.9. The number of nitrogens with one attached hydrogen (secondary N) is 3. The van der Waals surface area contributed by atoms with E-state index < -0.39 is 10.0 Å². The molecule has 0 spiro atoms. The Balaban J connectivity index is 1.98. The second-order valence-corrected chi connectivity index (χ2v) is 8.94. The Morgan fingerprint density at radius 3 is 2.41 bits per heavy atom. The second kappa shape index (κ2) is 10.7. The van der Waals surface area contributed by atoms with Crippen molar-refractivity contribution in [2.45, 2.75) is 25.2 Å². The number of benzene rings is 2. The molecule has 2 aromatic carbocycles. The van der Waals surface area contributed by atoms with Crippen LogP contribution in [0, 0.1) is 0 Å². The third-order valence-electron chi connectivity index (χ3n) is 3.69. The van der Waals surface area contributed by atoms with Gasteiger partial charge in [-0.05, 0) is 84.0 Å². The zero-order chi connectivity index (χ0) is 21.4. The van der Waals surface area contributed by atoms with Gasteiger partial charge in [0.05, 0.1) is 16.0 Å². The van der Waals surface area contributed by atoms with Crippen molar-refractivity contribution >= 4 is 54.9 Å². The molecule has 29 heavy (non-hydrogen) atoms. The van der Waals surface area contributed by atoms with Crippen LogP contribution in [0.15, 0.2) is 51.8 Å². The number of amides is 1. The van der Waals surface area contributed by atoms with Crippen LogP contribution in [0.5, 0.6) is 5.75 Å². The minimum atomic E-state index is -3.53. The van der Waals surface area contributed by atoms with Crippen molar-refractivity contribution in [3.8, 4) is 5.75 Å². The third kappa shape index (κ3) is 6.77. The van der Waals surface area contributed by atoms with Gasteiger partial charge in [-0.1, -0.05) is 6.92 Å². The molecule has 0 heterocycles. The number of rotatable bonds is 8. The van der Waals surface area contributed by atoms with Gasteiger partial charge in [0, 0.05) is 17.8 Å². The Bertz CT molecular complexity index is 979. The molecule has 3 N–H and O–H groups in total. The molecule has 0 radical (unpaired) electrons. The Kier molecular flexibility index (Phi) is 8.57. The molecule has 0 atom stereocenters. The summed E-state index contributed by atoms with van der Waals surface area (Å²) in [6.45, 7) is 4.66. The van der Waals surface area contributed by atoms with Gasteiger partial charge in [-0.15, -0.1) is 0 Å². The lowest BCUT2D eigenvalue weighted by molar-refractivity contribution is 0.0977. The van der Waals surface area contributed by atoms with Crippen molar-refractivity contribution in [3.63, 3.8) is 0 Å². The third-order valence-corrected chi connectivity index (χ3v) is 5.99. The normalized spacial score (nSPS) is 11.0. The van der Waals surface area contributed by atoms with E-state index in [-0.39, 0.29) is 15.9 Å². The fourth-order valence-electron chi connectivity index (χ4n) is 2.29. The fraction of sp³-hybridized carbons (Fsp3) is 0.263. The summed E-state index contributed by atoms with van der Waals surface area (Å²) in [5, 5.41) is 5.54. The Hall–Kier alpha value is -2.01. The molecule has 0 unspecified atom stereocenters. The van der Waals surface area contributed by atoms with E-state index in [1.54, 1.807) is 30.3 Å². The first kappa shape index (κ1) is 23.3. The van der Waals surface area contributed by atoms with Gasteiger partial charge in [0.25, 0.3) is 5.91 Å². The van der Waals surface area contributed by atoms with Gasteiger partial charge >= 0.3 is 0 Å². The molecule has 0 aliphatic carbocycles. The molecule has 0 fully saturated rings. The molecular weight excluding hydrogens is 478 g/mol. The van der Waals surface area contributed by atoms with E-state index in [0.717, 1.165) is 0 Å².